The van der Waals surface area contributed by atoms with Crippen molar-refractivity contribution in [2.45, 2.75) is 12.8 Å². The van der Waals surface area contributed by atoms with Crippen LogP contribution in [0.3, 0.4) is 0 Å². The topological polar surface area (TPSA) is 61.3 Å². The SMILES string of the molecule is COc1ccc(F)cc1C(C)C(CN)CN. The number of methoxy groups -OCH3 is 1. The summed E-state index contributed by atoms with van der Waals surface area (Å²) in [5, 5.41) is 0. The Morgan fingerprint density at radius 3 is 2.44 bits per heavy atom. The van der Waals surface area contributed by atoms with E-state index >= 15 is 0 Å². The summed E-state index contributed by atoms with van der Waals surface area (Å²) in [6, 6.07) is 4.50. The first kappa shape index (κ1) is 12.9. The fourth-order valence-electron chi connectivity index (χ4n) is 1.82. The Morgan fingerprint density at radius 1 is 1.31 bits per heavy atom. The van der Waals surface area contributed by atoms with Gasteiger partial charge in [0.25, 0.3) is 0 Å². The zero-order valence-corrected chi connectivity index (χ0v) is 9.74. The van der Waals surface area contributed by atoms with E-state index in [2.05, 4.69) is 0 Å². The molecular weight excluding hydrogens is 207 g/mol. The highest BCUT2D eigenvalue weighted by molar-refractivity contribution is 5.37. The number of rotatable bonds is 5. The van der Waals surface area contributed by atoms with Gasteiger partial charge in [-0.05, 0) is 43.1 Å². The maximum Gasteiger partial charge on any atom is 0.123 e. The Labute approximate surface area is 95.6 Å². The monoisotopic (exact) mass is 226 g/mol. The summed E-state index contributed by atoms with van der Waals surface area (Å²) in [6.07, 6.45) is 0. The number of hydrogen-bond donors (Lipinski definition) is 2. The van der Waals surface area contributed by atoms with Gasteiger partial charge in [0.2, 0.25) is 0 Å². The van der Waals surface area contributed by atoms with Crippen LogP contribution in [0.4, 0.5) is 4.39 Å². The molecule has 4 heteroatoms. The van der Waals surface area contributed by atoms with Crippen LogP contribution in [0.25, 0.3) is 0 Å². The number of nitrogens with two attached hydrogens (primary N) is 2. The van der Waals surface area contributed by atoms with E-state index in [1.54, 1.807) is 13.2 Å². The van der Waals surface area contributed by atoms with Crippen LogP contribution in [0.15, 0.2) is 18.2 Å². The molecular formula is C12H19FN2O. The van der Waals surface area contributed by atoms with Crippen molar-refractivity contribution in [3.63, 3.8) is 0 Å². The van der Waals surface area contributed by atoms with Crippen molar-refractivity contribution < 1.29 is 9.13 Å². The molecule has 0 fully saturated rings. The van der Waals surface area contributed by atoms with E-state index in [-0.39, 0.29) is 17.7 Å². The Kier molecular flexibility index (Phi) is 4.71. The molecule has 90 valence electrons. The van der Waals surface area contributed by atoms with Crippen LogP contribution in [0.1, 0.15) is 18.4 Å². The molecule has 4 N–H and O–H groups in total. The summed E-state index contributed by atoms with van der Waals surface area (Å²) in [4.78, 5) is 0. The van der Waals surface area contributed by atoms with Crippen molar-refractivity contribution in [1.82, 2.24) is 0 Å². The van der Waals surface area contributed by atoms with Crippen LogP contribution >= 0.6 is 0 Å². The van der Waals surface area contributed by atoms with Gasteiger partial charge in [-0.2, -0.15) is 0 Å². The second kappa shape index (κ2) is 5.82. The maximum absolute atomic E-state index is 13.2. The van der Waals surface area contributed by atoms with E-state index < -0.39 is 0 Å². The molecule has 1 aromatic carbocycles. The number of halogens is 1. The molecule has 0 amide bonds. The first-order chi connectivity index (χ1) is 7.63. The van der Waals surface area contributed by atoms with Crippen LogP contribution < -0.4 is 16.2 Å². The fourth-order valence-corrected chi connectivity index (χ4v) is 1.82. The molecule has 1 atom stereocenters. The maximum atomic E-state index is 13.2. The summed E-state index contributed by atoms with van der Waals surface area (Å²) >= 11 is 0. The molecule has 3 nitrogen and oxygen atoms in total. The zero-order chi connectivity index (χ0) is 12.1. The average molecular weight is 226 g/mol. The van der Waals surface area contributed by atoms with Crippen molar-refractivity contribution in [2.24, 2.45) is 17.4 Å². The minimum atomic E-state index is -0.268. The predicted octanol–water partition coefficient (Wildman–Crippen LogP) is 1.47. The molecule has 1 unspecified atom stereocenters. The summed E-state index contributed by atoms with van der Waals surface area (Å²) < 4.78 is 18.4. The molecule has 0 heterocycles. The second-order valence-electron chi connectivity index (χ2n) is 3.91. The lowest BCUT2D eigenvalue weighted by molar-refractivity contribution is 0.390. The van der Waals surface area contributed by atoms with Gasteiger partial charge in [-0.15, -0.1) is 0 Å². The highest BCUT2D eigenvalue weighted by Gasteiger charge is 2.20. The van der Waals surface area contributed by atoms with Crippen LogP contribution in [0.5, 0.6) is 5.75 Å². The zero-order valence-electron chi connectivity index (χ0n) is 9.74. The van der Waals surface area contributed by atoms with Crippen LogP contribution in [-0.2, 0) is 0 Å². The smallest absolute Gasteiger partial charge is 0.123 e. The third kappa shape index (κ3) is 2.71. The van der Waals surface area contributed by atoms with Crippen molar-refractivity contribution in [3.8, 4) is 5.75 Å². The lowest BCUT2D eigenvalue weighted by Gasteiger charge is -2.23. The van der Waals surface area contributed by atoms with Crippen LogP contribution in [0.2, 0.25) is 0 Å². The van der Waals surface area contributed by atoms with Crippen LogP contribution in [-0.4, -0.2) is 20.2 Å². The van der Waals surface area contributed by atoms with Gasteiger partial charge in [-0.3, -0.25) is 0 Å². The van der Waals surface area contributed by atoms with E-state index in [1.807, 2.05) is 6.92 Å². The molecule has 1 rings (SSSR count). The van der Waals surface area contributed by atoms with Crippen LogP contribution in [0, 0.1) is 11.7 Å². The molecule has 0 aliphatic rings. The fraction of sp³-hybridized carbons (Fsp3) is 0.500. The summed E-state index contributed by atoms with van der Waals surface area (Å²) in [6.45, 7) is 2.95. The number of ether oxygens (including phenoxy) is 1. The highest BCUT2D eigenvalue weighted by atomic mass is 19.1. The first-order valence-corrected chi connectivity index (χ1v) is 5.37. The minimum Gasteiger partial charge on any atom is -0.496 e. The molecule has 0 aromatic heterocycles. The molecule has 0 saturated heterocycles. The number of benzene rings is 1. The van der Waals surface area contributed by atoms with E-state index in [0.29, 0.717) is 18.8 Å². The van der Waals surface area contributed by atoms with Crippen molar-refractivity contribution in [3.05, 3.63) is 29.6 Å². The Balaban J connectivity index is 3.04. The molecule has 0 aliphatic heterocycles. The molecule has 0 bridgehead atoms. The predicted molar refractivity (Wildman–Crippen MR) is 63.0 cm³/mol. The summed E-state index contributed by atoms with van der Waals surface area (Å²) in [5.41, 5.74) is 12.1. The summed E-state index contributed by atoms with van der Waals surface area (Å²) in [5.74, 6) is 0.632. The largest absolute Gasteiger partial charge is 0.496 e. The first-order valence-electron chi connectivity index (χ1n) is 5.37. The quantitative estimate of drug-likeness (QED) is 0.799. The van der Waals surface area contributed by atoms with Gasteiger partial charge in [0.05, 0.1) is 7.11 Å². The Bertz CT molecular complexity index is 340. The Hall–Kier alpha value is -1.13. The normalized spacial score (nSPS) is 12.9. The third-order valence-electron chi connectivity index (χ3n) is 2.99. The van der Waals surface area contributed by atoms with E-state index in [1.165, 1.54) is 12.1 Å². The van der Waals surface area contributed by atoms with Gasteiger partial charge in [-0.25, -0.2) is 4.39 Å². The van der Waals surface area contributed by atoms with Gasteiger partial charge in [0.15, 0.2) is 0 Å². The van der Waals surface area contributed by atoms with Gasteiger partial charge in [0, 0.05) is 5.56 Å². The van der Waals surface area contributed by atoms with Gasteiger partial charge >= 0.3 is 0 Å². The van der Waals surface area contributed by atoms with Gasteiger partial charge in [-0.1, -0.05) is 6.92 Å². The molecule has 1 aromatic rings. The standard InChI is InChI=1S/C12H19FN2O/c1-8(9(6-14)7-15)11-5-10(13)3-4-12(11)16-2/h3-5,8-9H,6-7,14-15H2,1-2H3. The molecule has 0 spiro atoms. The summed E-state index contributed by atoms with van der Waals surface area (Å²) in [7, 11) is 1.57. The molecule has 16 heavy (non-hydrogen) atoms. The number of hydrogen-bond acceptors (Lipinski definition) is 3. The van der Waals surface area contributed by atoms with Crippen molar-refractivity contribution in [2.75, 3.05) is 20.2 Å². The lowest BCUT2D eigenvalue weighted by atomic mass is 9.87. The van der Waals surface area contributed by atoms with E-state index in [9.17, 15) is 4.39 Å². The van der Waals surface area contributed by atoms with E-state index in [0.717, 1.165) is 5.56 Å². The van der Waals surface area contributed by atoms with Gasteiger partial charge < -0.3 is 16.2 Å². The van der Waals surface area contributed by atoms with Crippen molar-refractivity contribution >= 4 is 0 Å². The lowest BCUT2D eigenvalue weighted by Crippen LogP contribution is -2.28. The van der Waals surface area contributed by atoms with Gasteiger partial charge in [0.1, 0.15) is 11.6 Å². The average Bonchev–Trinajstić information content (AvgIpc) is 2.30. The molecule has 0 radical (unpaired) electrons. The van der Waals surface area contributed by atoms with Crippen molar-refractivity contribution in [1.29, 1.82) is 0 Å². The van der Waals surface area contributed by atoms with E-state index in [4.69, 9.17) is 16.2 Å². The third-order valence-corrected chi connectivity index (χ3v) is 2.99. The Morgan fingerprint density at radius 2 is 1.94 bits per heavy atom. The second-order valence-corrected chi connectivity index (χ2v) is 3.91. The minimum absolute atomic E-state index is 0.0839. The molecule has 0 aliphatic carbocycles. The highest BCUT2D eigenvalue weighted by Crippen LogP contribution is 2.31. The molecule has 0 saturated carbocycles.